The molecule has 0 unspecified atom stereocenters. The predicted octanol–water partition coefficient (Wildman–Crippen LogP) is 3.48. The van der Waals surface area contributed by atoms with Gasteiger partial charge < -0.3 is 15.0 Å². The summed E-state index contributed by atoms with van der Waals surface area (Å²) in [4.78, 5) is 2.12. The molecule has 0 saturated carbocycles. The van der Waals surface area contributed by atoms with Gasteiger partial charge >= 0.3 is 0 Å². The molecule has 0 aromatic heterocycles. The lowest BCUT2D eigenvalue weighted by atomic mass is 10.0. The van der Waals surface area contributed by atoms with Crippen LogP contribution >= 0.6 is 0 Å². The van der Waals surface area contributed by atoms with E-state index in [-0.39, 0.29) is 0 Å². The maximum atomic E-state index is 5.67. The van der Waals surface area contributed by atoms with Crippen molar-refractivity contribution in [1.82, 2.24) is 4.90 Å². The van der Waals surface area contributed by atoms with Gasteiger partial charge in [-0.1, -0.05) is 26.7 Å². The Hall–Kier alpha value is -1.22. The summed E-state index contributed by atoms with van der Waals surface area (Å²) >= 11 is 0. The summed E-state index contributed by atoms with van der Waals surface area (Å²) in [6, 6.07) is 8.25. The van der Waals surface area contributed by atoms with E-state index in [2.05, 4.69) is 36.2 Å². The van der Waals surface area contributed by atoms with Gasteiger partial charge in [0.05, 0.1) is 0 Å². The van der Waals surface area contributed by atoms with Crippen LogP contribution in [0, 0.1) is 5.92 Å². The van der Waals surface area contributed by atoms with Gasteiger partial charge in [0.2, 0.25) is 0 Å². The molecule has 1 aromatic carbocycles. The normalized spacial score (nSPS) is 11.1. The van der Waals surface area contributed by atoms with Gasteiger partial charge in [-0.2, -0.15) is 0 Å². The fourth-order valence-corrected chi connectivity index (χ4v) is 1.85. The van der Waals surface area contributed by atoms with E-state index in [1.807, 2.05) is 26.2 Å². The first-order valence-electron chi connectivity index (χ1n) is 7.27. The molecular weight excluding hydrogens is 236 g/mol. The highest BCUT2D eigenvalue weighted by Gasteiger charge is 2.03. The summed E-state index contributed by atoms with van der Waals surface area (Å²) in [7, 11) is 4.10. The van der Waals surface area contributed by atoms with Crippen LogP contribution in [0.5, 0.6) is 5.75 Å². The monoisotopic (exact) mass is 264 g/mol. The molecule has 3 nitrogen and oxygen atoms in total. The molecule has 0 radical (unpaired) electrons. The Kier molecular flexibility index (Phi) is 7.34. The predicted molar refractivity (Wildman–Crippen MR) is 83.1 cm³/mol. The number of ether oxygens (including phenoxy) is 1. The minimum absolute atomic E-state index is 0.730. The quantitative estimate of drug-likeness (QED) is 0.739. The van der Waals surface area contributed by atoms with Crippen LogP contribution in [0.3, 0.4) is 0 Å². The number of anilines is 1. The van der Waals surface area contributed by atoms with Crippen LogP contribution in [-0.4, -0.2) is 38.7 Å². The number of likely N-dealkylation sites (N-methyl/N-ethyl adjacent to an activating group) is 1. The lowest BCUT2D eigenvalue weighted by Gasteiger charge is -2.15. The molecule has 0 heterocycles. The van der Waals surface area contributed by atoms with Gasteiger partial charge in [0.25, 0.3) is 0 Å². The molecule has 0 atom stereocenters. The van der Waals surface area contributed by atoms with Crippen molar-refractivity contribution in [3.05, 3.63) is 24.3 Å². The average Bonchev–Trinajstić information content (AvgIpc) is 2.41. The zero-order valence-electron chi connectivity index (χ0n) is 12.8. The second-order valence-corrected chi connectivity index (χ2v) is 5.24. The summed E-state index contributed by atoms with van der Waals surface area (Å²) in [5.41, 5.74) is 1.17. The summed E-state index contributed by atoms with van der Waals surface area (Å²) in [6.45, 7) is 7.21. The number of nitrogens with zero attached hydrogens (tertiary/aromatic N) is 1. The van der Waals surface area contributed by atoms with Crippen LogP contribution in [0.1, 0.15) is 26.7 Å². The Morgan fingerprint density at radius 3 is 2.26 bits per heavy atom. The van der Waals surface area contributed by atoms with E-state index in [0.717, 1.165) is 31.4 Å². The molecule has 1 N–H and O–H groups in total. The lowest BCUT2D eigenvalue weighted by Crippen LogP contribution is -2.19. The topological polar surface area (TPSA) is 24.5 Å². The fraction of sp³-hybridized carbons (Fsp3) is 0.625. The SMILES string of the molecule is CCC(CC)CNc1ccc(OCCN(C)C)cc1. The molecule has 0 bridgehead atoms. The number of rotatable bonds is 9. The highest BCUT2D eigenvalue weighted by atomic mass is 16.5. The van der Waals surface area contributed by atoms with Crippen LogP contribution in [-0.2, 0) is 0 Å². The van der Waals surface area contributed by atoms with Crippen LogP contribution in [0.15, 0.2) is 24.3 Å². The van der Waals surface area contributed by atoms with Gasteiger partial charge in [-0.05, 0) is 44.3 Å². The number of hydrogen-bond acceptors (Lipinski definition) is 3. The van der Waals surface area contributed by atoms with Gasteiger partial charge in [0.1, 0.15) is 12.4 Å². The second-order valence-electron chi connectivity index (χ2n) is 5.24. The molecule has 0 fully saturated rings. The molecule has 3 heteroatoms. The molecule has 108 valence electrons. The van der Waals surface area contributed by atoms with Gasteiger partial charge in [0, 0.05) is 18.8 Å². The Balaban J connectivity index is 2.34. The molecule has 1 rings (SSSR count). The summed E-state index contributed by atoms with van der Waals surface area (Å²) < 4.78 is 5.67. The summed E-state index contributed by atoms with van der Waals surface area (Å²) in [6.07, 6.45) is 2.46. The Morgan fingerprint density at radius 1 is 1.11 bits per heavy atom. The van der Waals surface area contributed by atoms with Crippen LogP contribution < -0.4 is 10.1 Å². The molecule has 0 aliphatic rings. The largest absolute Gasteiger partial charge is 0.492 e. The Morgan fingerprint density at radius 2 is 1.74 bits per heavy atom. The zero-order valence-corrected chi connectivity index (χ0v) is 12.8. The van der Waals surface area contributed by atoms with Crippen LogP contribution in [0.4, 0.5) is 5.69 Å². The number of nitrogens with one attached hydrogen (secondary N) is 1. The second kappa shape index (κ2) is 8.81. The van der Waals surface area contributed by atoms with Crippen molar-refractivity contribution in [1.29, 1.82) is 0 Å². The van der Waals surface area contributed by atoms with E-state index in [1.165, 1.54) is 18.5 Å². The number of benzene rings is 1. The highest BCUT2D eigenvalue weighted by Crippen LogP contribution is 2.17. The highest BCUT2D eigenvalue weighted by molar-refractivity contribution is 5.46. The van der Waals surface area contributed by atoms with E-state index in [0.29, 0.717) is 0 Å². The fourth-order valence-electron chi connectivity index (χ4n) is 1.85. The first kappa shape index (κ1) is 15.8. The minimum Gasteiger partial charge on any atom is -0.492 e. The zero-order chi connectivity index (χ0) is 14.1. The summed E-state index contributed by atoms with van der Waals surface area (Å²) in [5, 5.41) is 3.48. The van der Waals surface area contributed by atoms with Gasteiger partial charge in [-0.15, -0.1) is 0 Å². The van der Waals surface area contributed by atoms with Gasteiger partial charge in [0.15, 0.2) is 0 Å². The van der Waals surface area contributed by atoms with E-state index in [1.54, 1.807) is 0 Å². The van der Waals surface area contributed by atoms with Crippen molar-refractivity contribution >= 4 is 5.69 Å². The maximum Gasteiger partial charge on any atom is 0.119 e. The molecular formula is C16H28N2O. The third kappa shape index (κ3) is 6.48. The summed E-state index contributed by atoms with van der Waals surface area (Å²) in [5.74, 6) is 1.70. The minimum atomic E-state index is 0.730. The third-order valence-electron chi connectivity index (χ3n) is 3.41. The Labute approximate surface area is 118 Å². The third-order valence-corrected chi connectivity index (χ3v) is 3.41. The molecule has 0 saturated heterocycles. The van der Waals surface area contributed by atoms with Crippen molar-refractivity contribution in [2.45, 2.75) is 26.7 Å². The molecule has 0 spiro atoms. The standard InChI is InChI=1S/C16H28N2O/c1-5-14(6-2)13-17-15-7-9-16(10-8-15)19-12-11-18(3)4/h7-10,14,17H,5-6,11-13H2,1-4H3. The van der Waals surface area contributed by atoms with Crippen LogP contribution in [0.2, 0.25) is 0 Å². The van der Waals surface area contributed by atoms with Crippen molar-refractivity contribution in [3.63, 3.8) is 0 Å². The van der Waals surface area contributed by atoms with Crippen molar-refractivity contribution in [2.24, 2.45) is 5.92 Å². The van der Waals surface area contributed by atoms with Crippen LogP contribution in [0.25, 0.3) is 0 Å². The smallest absolute Gasteiger partial charge is 0.119 e. The van der Waals surface area contributed by atoms with Crippen molar-refractivity contribution in [3.8, 4) is 5.75 Å². The molecule has 19 heavy (non-hydrogen) atoms. The average molecular weight is 264 g/mol. The van der Waals surface area contributed by atoms with Crippen molar-refractivity contribution in [2.75, 3.05) is 39.1 Å². The van der Waals surface area contributed by atoms with E-state index in [4.69, 9.17) is 4.74 Å². The first-order valence-corrected chi connectivity index (χ1v) is 7.27. The first-order chi connectivity index (χ1) is 9.15. The van der Waals surface area contributed by atoms with Crippen molar-refractivity contribution < 1.29 is 4.74 Å². The molecule has 0 aliphatic heterocycles. The molecule has 0 aliphatic carbocycles. The number of hydrogen-bond donors (Lipinski definition) is 1. The van der Waals surface area contributed by atoms with E-state index < -0.39 is 0 Å². The van der Waals surface area contributed by atoms with Gasteiger partial charge in [-0.3, -0.25) is 0 Å². The lowest BCUT2D eigenvalue weighted by molar-refractivity contribution is 0.261. The van der Waals surface area contributed by atoms with Gasteiger partial charge in [-0.25, -0.2) is 0 Å². The van der Waals surface area contributed by atoms with E-state index in [9.17, 15) is 0 Å². The molecule has 0 amide bonds. The Bertz CT molecular complexity index is 331. The molecule has 1 aromatic rings. The van der Waals surface area contributed by atoms with E-state index >= 15 is 0 Å². The maximum absolute atomic E-state index is 5.67.